The first-order valence-electron chi connectivity index (χ1n) is 8.31. The van der Waals surface area contributed by atoms with Crippen LogP contribution in [0.4, 0.5) is 5.13 Å². The molecule has 2 heterocycles. The molecule has 0 saturated heterocycles. The zero-order valence-corrected chi connectivity index (χ0v) is 17.1. The summed E-state index contributed by atoms with van der Waals surface area (Å²) in [5, 5.41) is 10.3. The van der Waals surface area contributed by atoms with Crippen molar-refractivity contribution in [2.75, 3.05) is 5.32 Å². The smallest absolute Gasteiger partial charge is 0.253 e. The molecule has 1 unspecified atom stereocenters. The zero-order chi connectivity index (χ0) is 19.4. The lowest BCUT2D eigenvalue weighted by molar-refractivity contribution is -0.118. The Labute approximate surface area is 170 Å². The first-order valence-corrected chi connectivity index (χ1v) is 10.4. The molecule has 3 rings (SSSR count). The summed E-state index contributed by atoms with van der Waals surface area (Å²) in [5.41, 5.74) is 1.17. The molecule has 2 aromatic heterocycles. The maximum absolute atomic E-state index is 12.7. The second-order valence-corrected chi connectivity index (χ2v) is 8.39. The number of thiophene rings is 1. The molecule has 3 aromatic rings. The minimum Gasteiger partial charge on any atom is -0.340 e. The number of amides is 2. The van der Waals surface area contributed by atoms with Crippen molar-refractivity contribution in [3.05, 3.63) is 57.7 Å². The van der Waals surface area contributed by atoms with Crippen LogP contribution in [0.15, 0.2) is 47.2 Å². The van der Waals surface area contributed by atoms with E-state index in [1.54, 1.807) is 35.6 Å². The fraction of sp³-hybridized carbons (Fsp3) is 0.211. The van der Waals surface area contributed by atoms with E-state index in [1.165, 1.54) is 11.3 Å². The van der Waals surface area contributed by atoms with E-state index in [1.807, 2.05) is 36.7 Å². The standard InChI is InChI=1S/C19H18ClN3O2S2/c1-11(2)16(22-17(24)12-6-3-4-7-13(12)20)18(25)23-19-21-14(10-27-19)15-8-5-9-26-15/h3-11,16H,1-2H3,(H,22,24)(H,21,23,25). The molecule has 5 nitrogen and oxygen atoms in total. The SMILES string of the molecule is CC(C)C(NC(=O)c1ccccc1Cl)C(=O)Nc1nc(-c2cccs2)cs1. The highest BCUT2D eigenvalue weighted by Crippen LogP contribution is 2.28. The van der Waals surface area contributed by atoms with Crippen molar-refractivity contribution < 1.29 is 9.59 Å². The third-order valence-corrected chi connectivity index (χ3v) is 5.84. The van der Waals surface area contributed by atoms with Crippen molar-refractivity contribution in [1.82, 2.24) is 10.3 Å². The number of aromatic nitrogens is 1. The summed E-state index contributed by atoms with van der Waals surface area (Å²) in [6.07, 6.45) is 0. The number of benzene rings is 1. The van der Waals surface area contributed by atoms with Gasteiger partial charge in [-0.2, -0.15) is 0 Å². The Kier molecular flexibility index (Phi) is 6.26. The van der Waals surface area contributed by atoms with Gasteiger partial charge in [-0.25, -0.2) is 4.98 Å². The van der Waals surface area contributed by atoms with Crippen LogP contribution in [-0.4, -0.2) is 22.8 Å². The summed E-state index contributed by atoms with van der Waals surface area (Å²) < 4.78 is 0. The average molecular weight is 420 g/mol. The van der Waals surface area contributed by atoms with Gasteiger partial charge in [0, 0.05) is 5.38 Å². The Morgan fingerprint density at radius 2 is 1.89 bits per heavy atom. The number of anilines is 1. The van der Waals surface area contributed by atoms with Gasteiger partial charge in [-0.05, 0) is 29.5 Å². The topological polar surface area (TPSA) is 71.1 Å². The number of rotatable bonds is 6. The normalized spacial score (nSPS) is 12.0. The van der Waals surface area contributed by atoms with Gasteiger partial charge in [-0.1, -0.05) is 43.6 Å². The number of carbonyl (C=O) groups excluding carboxylic acids is 2. The van der Waals surface area contributed by atoms with Crippen molar-refractivity contribution in [3.8, 4) is 10.6 Å². The van der Waals surface area contributed by atoms with Crippen molar-refractivity contribution in [2.24, 2.45) is 5.92 Å². The molecule has 0 bridgehead atoms. The minimum absolute atomic E-state index is 0.104. The Morgan fingerprint density at radius 1 is 1.11 bits per heavy atom. The summed E-state index contributed by atoms with van der Waals surface area (Å²) in [6.45, 7) is 3.74. The molecule has 1 aromatic carbocycles. The largest absolute Gasteiger partial charge is 0.340 e. The molecular formula is C19H18ClN3O2S2. The molecule has 0 fully saturated rings. The maximum atomic E-state index is 12.7. The van der Waals surface area contributed by atoms with Crippen LogP contribution in [0.3, 0.4) is 0 Å². The summed E-state index contributed by atoms with van der Waals surface area (Å²) in [6, 6.07) is 9.97. The third-order valence-electron chi connectivity index (χ3n) is 3.86. The van der Waals surface area contributed by atoms with Crippen molar-refractivity contribution in [3.63, 3.8) is 0 Å². The van der Waals surface area contributed by atoms with Crippen LogP contribution in [0.5, 0.6) is 0 Å². The molecule has 27 heavy (non-hydrogen) atoms. The number of halogens is 1. The molecular weight excluding hydrogens is 402 g/mol. The monoisotopic (exact) mass is 419 g/mol. The number of nitrogens with one attached hydrogen (secondary N) is 2. The molecule has 0 aliphatic carbocycles. The number of hydrogen-bond acceptors (Lipinski definition) is 5. The minimum atomic E-state index is -0.706. The van der Waals surface area contributed by atoms with Gasteiger partial charge < -0.3 is 10.6 Å². The van der Waals surface area contributed by atoms with Gasteiger partial charge >= 0.3 is 0 Å². The van der Waals surface area contributed by atoms with Crippen molar-refractivity contribution in [1.29, 1.82) is 0 Å². The first kappa shape index (κ1) is 19.5. The zero-order valence-electron chi connectivity index (χ0n) is 14.7. The molecule has 2 amide bonds. The molecule has 1 atom stereocenters. The second-order valence-electron chi connectivity index (χ2n) is 6.18. The molecule has 0 spiro atoms. The van der Waals surface area contributed by atoms with E-state index in [-0.39, 0.29) is 17.7 Å². The Bertz CT molecular complexity index is 938. The summed E-state index contributed by atoms with van der Waals surface area (Å²) >= 11 is 9.02. The van der Waals surface area contributed by atoms with E-state index in [0.29, 0.717) is 15.7 Å². The summed E-state index contributed by atoms with van der Waals surface area (Å²) in [5.74, 6) is -0.793. The van der Waals surface area contributed by atoms with Gasteiger partial charge in [0.15, 0.2) is 5.13 Å². The van der Waals surface area contributed by atoms with Crippen LogP contribution in [0.1, 0.15) is 24.2 Å². The van der Waals surface area contributed by atoms with Gasteiger partial charge in [0.05, 0.1) is 21.2 Å². The lowest BCUT2D eigenvalue weighted by atomic mass is 10.0. The van der Waals surface area contributed by atoms with E-state index in [2.05, 4.69) is 15.6 Å². The van der Waals surface area contributed by atoms with E-state index in [4.69, 9.17) is 11.6 Å². The molecule has 2 N–H and O–H groups in total. The summed E-state index contributed by atoms with van der Waals surface area (Å²) in [4.78, 5) is 30.7. The maximum Gasteiger partial charge on any atom is 0.253 e. The Morgan fingerprint density at radius 3 is 2.56 bits per heavy atom. The van der Waals surface area contributed by atoms with E-state index < -0.39 is 6.04 Å². The summed E-state index contributed by atoms with van der Waals surface area (Å²) in [7, 11) is 0. The fourth-order valence-electron chi connectivity index (χ4n) is 2.45. The van der Waals surface area contributed by atoms with Crippen molar-refractivity contribution >= 4 is 51.2 Å². The highest BCUT2D eigenvalue weighted by atomic mass is 35.5. The molecule has 0 saturated carbocycles. The number of nitrogens with zero attached hydrogens (tertiary/aromatic N) is 1. The average Bonchev–Trinajstić information content (AvgIpc) is 3.30. The lowest BCUT2D eigenvalue weighted by Crippen LogP contribution is -2.47. The van der Waals surface area contributed by atoms with Crippen LogP contribution >= 0.6 is 34.3 Å². The van der Waals surface area contributed by atoms with Crippen LogP contribution in [0, 0.1) is 5.92 Å². The van der Waals surface area contributed by atoms with E-state index >= 15 is 0 Å². The number of hydrogen-bond donors (Lipinski definition) is 2. The Hall–Kier alpha value is -2.22. The van der Waals surface area contributed by atoms with Crippen LogP contribution in [0.25, 0.3) is 10.6 Å². The number of carbonyl (C=O) groups is 2. The predicted octanol–water partition coefficient (Wildman–Crippen LogP) is 4.92. The first-order chi connectivity index (χ1) is 13.0. The quantitative estimate of drug-likeness (QED) is 0.595. The highest BCUT2D eigenvalue weighted by molar-refractivity contribution is 7.16. The van der Waals surface area contributed by atoms with Gasteiger partial charge in [-0.3, -0.25) is 9.59 Å². The lowest BCUT2D eigenvalue weighted by Gasteiger charge is -2.21. The van der Waals surface area contributed by atoms with E-state index in [0.717, 1.165) is 10.6 Å². The fourth-order valence-corrected chi connectivity index (χ4v) is 4.15. The predicted molar refractivity (Wildman–Crippen MR) is 112 cm³/mol. The van der Waals surface area contributed by atoms with Crippen molar-refractivity contribution in [2.45, 2.75) is 19.9 Å². The van der Waals surface area contributed by atoms with Gasteiger partial charge in [0.1, 0.15) is 6.04 Å². The highest BCUT2D eigenvalue weighted by Gasteiger charge is 2.26. The molecule has 0 aliphatic heterocycles. The van der Waals surface area contributed by atoms with Gasteiger partial charge in [0.25, 0.3) is 5.91 Å². The van der Waals surface area contributed by atoms with Crippen LogP contribution < -0.4 is 10.6 Å². The van der Waals surface area contributed by atoms with Gasteiger partial charge in [-0.15, -0.1) is 22.7 Å². The number of thiazole rings is 1. The van der Waals surface area contributed by atoms with E-state index in [9.17, 15) is 9.59 Å². The molecule has 8 heteroatoms. The third kappa shape index (κ3) is 4.74. The van der Waals surface area contributed by atoms with Crippen LogP contribution in [0.2, 0.25) is 5.02 Å². The molecule has 140 valence electrons. The molecule has 0 aliphatic rings. The Balaban J connectivity index is 1.70. The van der Waals surface area contributed by atoms with Gasteiger partial charge in [0.2, 0.25) is 5.91 Å². The second kappa shape index (κ2) is 8.65. The molecule has 0 radical (unpaired) electrons. The van der Waals surface area contributed by atoms with Crippen LogP contribution in [-0.2, 0) is 4.79 Å².